The molecule has 0 amide bonds. The van der Waals surface area contributed by atoms with Crippen LogP contribution in [0.2, 0.25) is 0 Å². The Labute approximate surface area is 534 Å². The second-order valence-electron chi connectivity index (χ2n) is 22.6. The summed E-state index contributed by atoms with van der Waals surface area (Å²) in [6.07, 6.45) is 103. The minimum atomic E-state index is -4.40. The molecule has 10 heteroatoms. The van der Waals surface area contributed by atoms with E-state index in [1.54, 1.807) is 0 Å². The minimum absolute atomic E-state index is 0.0463. The van der Waals surface area contributed by atoms with E-state index in [9.17, 15) is 19.0 Å². The summed E-state index contributed by atoms with van der Waals surface area (Å²) in [5, 5.41) is 0. The Bertz CT molecular complexity index is 1980. The van der Waals surface area contributed by atoms with Crippen LogP contribution in [0.1, 0.15) is 284 Å². The second kappa shape index (κ2) is 70.7. The molecule has 87 heavy (non-hydrogen) atoms. The third kappa shape index (κ3) is 70.6. The van der Waals surface area contributed by atoms with Crippen LogP contribution in [0, 0.1) is 0 Å². The molecular weight excluding hydrogens is 1100 g/mol. The molecule has 0 heterocycles. The number of ether oxygens (including phenoxy) is 2. The van der Waals surface area contributed by atoms with Crippen molar-refractivity contribution in [1.29, 1.82) is 0 Å². The molecule has 0 saturated carbocycles. The summed E-state index contributed by atoms with van der Waals surface area (Å²) in [5.41, 5.74) is 5.40. The third-order valence-electron chi connectivity index (χ3n) is 14.4. The summed E-state index contributed by atoms with van der Waals surface area (Å²) in [7, 11) is -4.40. The van der Waals surface area contributed by atoms with E-state index in [0.29, 0.717) is 6.42 Å². The fourth-order valence-electron chi connectivity index (χ4n) is 9.33. The standard InChI is InChI=1S/C77H128NO8P/c1-3-5-7-9-11-13-15-17-19-21-23-25-27-29-31-33-35-37-39-41-43-45-47-49-51-53-55-57-59-61-63-65-67-69-76(79)83-73-75(74-85-87(81,82)84-72-71-78)86-77(80)70-68-66-64-62-60-58-56-54-52-50-48-46-44-42-40-38-36-34-32-30-28-26-24-22-20-18-16-14-12-10-8-6-4-2/h5-8,11-14,17-20,23-26,29-32,35-38,42,44,75H,3-4,9-10,15-16,21-22,27-28,33-34,39-41,43,45-74,78H2,1-2H3,(H,81,82)/b7-5-,8-6-,13-11-,14-12-,19-17-,20-18-,25-23-,26-24-,31-29-,32-30-,37-35-,38-36-,44-42-. The molecule has 9 nitrogen and oxygen atoms in total. The summed E-state index contributed by atoms with van der Waals surface area (Å²) in [6.45, 7) is 3.52. The summed E-state index contributed by atoms with van der Waals surface area (Å²) in [4.78, 5) is 35.4. The van der Waals surface area contributed by atoms with Crippen LogP contribution in [0.5, 0.6) is 0 Å². The SMILES string of the molecule is CC/C=C\C/C=C\C/C=C\C/C=C\C/C=C\C/C=C\C/C=C\CCCCCCCCCCCCCC(=O)OC(COC(=O)CCCCCCCCCCCCCCCC/C=C\C/C=C\C/C=C\C/C=C\C/C=C\C/C=C\CC)COP(=O)(O)OCCN. The average molecular weight is 1230 g/mol. The van der Waals surface area contributed by atoms with Crippen LogP contribution in [0.4, 0.5) is 0 Å². The first kappa shape index (κ1) is 82.6. The average Bonchev–Trinajstić information content (AvgIpc) is 3.64. The van der Waals surface area contributed by atoms with E-state index >= 15 is 0 Å². The number of hydrogen-bond acceptors (Lipinski definition) is 8. The predicted molar refractivity (Wildman–Crippen MR) is 376 cm³/mol. The lowest BCUT2D eigenvalue weighted by Gasteiger charge is -2.19. The van der Waals surface area contributed by atoms with E-state index in [-0.39, 0.29) is 38.6 Å². The monoisotopic (exact) mass is 1230 g/mol. The van der Waals surface area contributed by atoms with Crippen molar-refractivity contribution in [3.8, 4) is 0 Å². The lowest BCUT2D eigenvalue weighted by atomic mass is 10.0. The molecule has 0 aliphatic carbocycles. The van der Waals surface area contributed by atoms with Crippen LogP contribution >= 0.6 is 7.82 Å². The van der Waals surface area contributed by atoms with Crippen LogP contribution in [0.15, 0.2) is 158 Å². The molecule has 2 atom stereocenters. The highest BCUT2D eigenvalue weighted by Gasteiger charge is 2.26. The van der Waals surface area contributed by atoms with Gasteiger partial charge in [0.05, 0.1) is 13.2 Å². The Kier molecular flexibility index (Phi) is 67.2. The topological polar surface area (TPSA) is 134 Å². The zero-order chi connectivity index (χ0) is 63.0. The van der Waals surface area contributed by atoms with Crippen molar-refractivity contribution in [2.24, 2.45) is 5.73 Å². The number of phosphoric ester groups is 1. The highest BCUT2D eigenvalue weighted by atomic mass is 31.2. The summed E-state index contributed by atoms with van der Waals surface area (Å²) >= 11 is 0. The van der Waals surface area contributed by atoms with Gasteiger partial charge in [0.1, 0.15) is 6.61 Å². The van der Waals surface area contributed by atoms with Crippen molar-refractivity contribution >= 4 is 19.8 Å². The van der Waals surface area contributed by atoms with Gasteiger partial charge in [-0.1, -0.05) is 307 Å². The van der Waals surface area contributed by atoms with Gasteiger partial charge in [0.15, 0.2) is 6.10 Å². The van der Waals surface area contributed by atoms with E-state index in [1.165, 1.54) is 122 Å². The maximum Gasteiger partial charge on any atom is 0.472 e. The van der Waals surface area contributed by atoms with Gasteiger partial charge >= 0.3 is 19.8 Å². The van der Waals surface area contributed by atoms with Gasteiger partial charge in [0.25, 0.3) is 0 Å². The molecule has 0 aromatic heterocycles. The number of esters is 2. The molecule has 0 aliphatic heterocycles. The van der Waals surface area contributed by atoms with Gasteiger partial charge in [-0.15, -0.1) is 0 Å². The van der Waals surface area contributed by atoms with Crippen molar-refractivity contribution in [2.45, 2.75) is 290 Å². The molecular formula is C77H128NO8P. The molecule has 0 bridgehead atoms. The molecule has 0 spiro atoms. The second-order valence-corrected chi connectivity index (χ2v) is 24.1. The Morgan fingerprint density at radius 3 is 0.885 bits per heavy atom. The smallest absolute Gasteiger partial charge is 0.462 e. The number of hydrogen-bond donors (Lipinski definition) is 2. The van der Waals surface area contributed by atoms with Gasteiger partial charge in [-0.2, -0.15) is 0 Å². The fraction of sp³-hybridized carbons (Fsp3) is 0.636. The van der Waals surface area contributed by atoms with E-state index in [1.807, 2.05) is 0 Å². The van der Waals surface area contributed by atoms with Crippen LogP contribution in [-0.2, 0) is 32.7 Å². The molecule has 0 aromatic carbocycles. The quantitative estimate of drug-likeness (QED) is 0.0264. The first-order valence-electron chi connectivity index (χ1n) is 35.0. The highest BCUT2D eigenvalue weighted by Crippen LogP contribution is 2.43. The Hall–Kier alpha value is -4.37. The lowest BCUT2D eigenvalue weighted by molar-refractivity contribution is -0.161. The lowest BCUT2D eigenvalue weighted by Crippen LogP contribution is -2.29. The van der Waals surface area contributed by atoms with Gasteiger partial charge in [-0.05, 0) is 122 Å². The maximum absolute atomic E-state index is 12.8. The number of carbonyl (C=O) groups excluding carboxylic acids is 2. The molecule has 0 radical (unpaired) electrons. The van der Waals surface area contributed by atoms with Gasteiger partial charge in [-0.25, -0.2) is 4.57 Å². The van der Waals surface area contributed by atoms with Crippen molar-refractivity contribution in [3.05, 3.63) is 158 Å². The molecule has 3 N–H and O–H groups in total. The normalized spacial score (nSPS) is 13.9. The van der Waals surface area contributed by atoms with Crippen molar-refractivity contribution in [3.63, 3.8) is 0 Å². The van der Waals surface area contributed by atoms with E-state index < -0.39 is 26.5 Å². The van der Waals surface area contributed by atoms with E-state index in [0.717, 1.165) is 128 Å². The van der Waals surface area contributed by atoms with Gasteiger partial charge in [-0.3, -0.25) is 18.6 Å². The molecule has 0 aromatic rings. The number of nitrogens with two attached hydrogens (primary N) is 1. The minimum Gasteiger partial charge on any atom is -0.462 e. The molecule has 0 fully saturated rings. The van der Waals surface area contributed by atoms with Gasteiger partial charge in [0.2, 0.25) is 0 Å². The highest BCUT2D eigenvalue weighted by molar-refractivity contribution is 7.47. The largest absolute Gasteiger partial charge is 0.472 e. The first-order valence-corrected chi connectivity index (χ1v) is 36.5. The summed E-state index contributed by atoms with van der Waals surface area (Å²) in [6, 6.07) is 0. The van der Waals surface area contributed by atoms with Crippen LogP contribution in [0.25, 0.3) is 0 Å². The Balaban J connectivity index is 3.94. The van der Waals surface area contributed by atoms with Crippen molar-refractivity contribution in [1.82, 2.24) is 0 Å². The van der Waals surface area contributed by atoms with Crippen LogP contribution in [0.3, 0.4) is 0 Å². The molecule has 494 valence electrons. The van der Waals surface area contributed by atoms with E-state index in [4.69, 9.17) is 24.3 Å². The zero-order valence-electron chi connectivity index (χ0n) is 55.4. The molecule has 0 rings (SSSR count). The number of phosphoric acid groups is 1. The van der Waals surface area contributed by atoms with Crippen molar-refractivity contribution < 1.29 is 37.6 Å². The third-order valence-corrected chi connectivity index (χ3v) is 15.4. The van der Waals surface area contributed by atoms with Crippen LogP contribution < -0.4 is 5.73 Å². The van der Waals surface area contributed by atoms with E-state index in [2.05, 4.69) is 172 Å². The number of carbonyl (C=O) groups is 2. The number of unbranched alkanes of at least 4 members (excludes halogenated alkanes) is 25. The number of allylic oxidation sites excluding steroid dienone is 26. The zero-order valence-corrected chi connectivity index (χ0v) is 56.3. The molecule has 2 unspecified atom stereocenters. The molecule has 0 aliphatic rings. The van der Waals surface area contributed by atoms with Gasteiger partial charge in [0, 0.05) is 19.4 Å². The molecule has 0 saturated heterocycles. The first-order chi connectivity index (χ1) is 42.8. The Morgan fingerprint density at radius 1 is 0.345 bits per heavy atom. The van der Waals surface area contributed by atoms with Crippen LogP contribution in [-0.4, -0.2) is 49.3 Å². The van der Waals surface area contributed by atoms with Crippen molar-refractivity contribution in [2.75, 3.05) is 26.4 Å². The summed E-state index contributed by atoms with van der Waals surface area (Å²) < 4.78 is 33.2. The number of rotatable bonds is 64. The summed E-state index contributed by atoms with van der Waals surface area (Å²) in [5.74, 6) is -0.834. The fourth-order valence-corrected chi connectivity index (χ4v) is 10.1. The maximum atomic E-state index is 12.8. The Morgan fingerprint density at radius 2 is 0.598 bits per heavy atom. The predicted octanol–water partition coefficient (Wildman–Crippen LogP) is 23.2. The van der Waals surface area contributed by atoms with Gasteiger partial charge < -0.3 is 20.1 Å².